The van der Waals surface area contributed by atoms with Gasteiger partial charge in [-0.3, -0.25) is 9.48 Å². The molecule has 0 saturated heterocycles. The largest absolute Gasteiger partial charge is 0.381 e. The van der Waals surface area contributed by atoms with Crippen molar-refractivity contribution in [2.75, 3.05) is 11.1 Å². The second kappa shape index (κ2) is 4.20. The van der Waals surface area contributed by atoms with Crippen LogP contribution >= 0.6 is 0 Å². The van der Waals surface area contributed by atoms with Gasteiger partial charge in [-0.05, 0) is 6.07 Å². The van der Waals surface area contributed by atoms with Gasteiger partial charge >= 0.3 is 0 Å². The van der Waals surface area contributed by atoms with E-state index in [0.29, 0.717) is 5.69 Å². The Balaban J connectivity index is 2.23. The highest BCUT2D eigenvalue weighted by atomic mass is 19.1. The number of carbonyl (C=O) groups is 1. The van der Waals surface area contributed by atoms with Crippen molar-refractivity contribution in [2.24, 2.45) is 7.05 Å². The van der Waals surface area contributed by atoms with Gasteiger partial charge in [0.2, 0.25) is 0 Å². The fourth-order valence-electron chi connectivity index (χ4n) is 1.32. The lowest BCUT2D eigenvalue weighted by Gasteiger charge is -2.04. The number of hydrogen-bond acceptors (Lipinski definition) is 4. The van der Waals surface area contributed by atoms with Gasteiger partial charge in [0.05, 0.1) is 17.4 Å². The Kier molecular flexibility index (Phi) is 2.73. The number of amides is 1. The summed E-state index contributed by atoms with van der Waals surface area (Å²) < 4.78 is 15.0. The molecule has 0 unspecified atom stereocenters. The molecule has 17 heavy (non-hydrogen) atoms. The molecule has 0 atom stereocenters. The van der Waals surface area contributed by atoms with E-state index < -0.39 is 11.7 Å². The zero-order valence-corrected chi connectivity index (χ0v) is 9.01. The third-order valence-electron chi connectivity index (χ3n) is 2.12. The Labute approximate surface area is 96.3 Å². The van der Waals surface area contributed by atoms with Crippen LogP contribution in [0.5, 0.6) is 0 Å². The highest BCUT2D eigenvalue weighted by Gasteiger charge is 2.14. The first-order chi connectivity index (χ1) is 8.08. The van der Waals surface area contributed by atoms with E-state index >= 15 is 0 Å². The van der Waals surface area contributed by atoms with Crippen LogP contribution in [0.15, 0.2) is 24.7 Å². The predicted octanol–water partition coefficient (Wildman–Crippen LogP) is 0.789. The van der Waals surface area contributed by atoms with Crippen LogP contribution in [0.2, 0.25) is 0 Å². The highest BCUT2D eigenvalue weighted by molar-refractivity contribution is 6.04. The molecule has 0 aliphatic heterocycles. The van der Waals surface area contributed by atoms with Crippen LogP contribution in [0.3, 0.4) is 0 Å². The third kappa shape index (κ3) is 2.22. The van der Waals surface area contributed by atoms with Crippen LogP contribution in [0.1, 0.15) is 10.4 Å². The molecule has 0 spiro atoms. The Morgan fingerprint density at radius 3 is 3.00 bits per heavy atom. The average Bonchev–Trinajstić information content (AvgIpc) is 2.68. The highest BCUT2D eigenvalue weighted by Crippen LogP contribution is 2.14. The zero-order chi connectivity index (χ0) is 12.4. The summed E-state index contributed by atoms with van der Waals surface area (Å²) in [7, 11) is 1.71. The maximum absolute atomic E-state index is 13.5. The van der Waals surface area contributed by atoms with Gasteiger partial charge in [-0.15, -0.1) is 0 Å². The Bertz CT molecular complexity index is 566. The summed E-state index contributed by atoms with van der Waals surface area (Å²) in [5.74, 6) is -1.72. The summed E-state index contributed by atoms with van der Waals surface area (Å²) in [6, 6.07) is 1.26. The van der Waals surface area contributed by atoms with Crippen LogP contribution in [0, 0.1) is 5.82 Å². The summed E-state index contributed by atoms with van der Waals surface area (Å²) in [5.41, 5.74) is 5.60. The lowest BCUT2D eigenvalue weighted by atomic mass is 10.2. The fourth-order valence-corrected chi connectivity index (χ4v) is 1.32. The van der Waals surface area contributed by atoms with Gasteiger partial charge < -0.3 is 11.1 Å². The SMILES string of the molecule is Cn1cc(NC(=O)c2ccnc(N)c2F)cn1. The van der Waals surface area contributed by atoms with E-state index in [2.05, 4.69) is 15.4 Å². The summed E-state index contributed by atoms with van der Waals surface area (Å²) in [5, 5.41) is 6.38. The molecule has 0 aliphatic rings. The van der Waals surface area contributed by atoms with Crippen molar-refractivity contribution in [2.45, 2.75) is 0 Å². The number of pyridine rings is 1. The van der Waals surface area contributed by atoms with Crippen molar-refractivity contribution in [3.8, 4) is 0 Å². The number of hydrogen-bond donors (Lipinski definition) is 2. The molecule has 2 aromatic rings. The number of nitrogens with two attached hydrogens (primary N) is 1. The molecule has 3 N–H and O–H groups in total. The van der Waals surface area contributed by atoms with Crippen LogP contribution in [-0.2, 0) is 7.05 Å². The minimum atomic E-state index is -0.825. The molecule has 0 fully saturated rings. The van der Waals surface area contributed by atoms with Crippen LogP contribution in [-0.4, -0.2) is 20.7 Å². The van der Waals surface area contributed by atoms with E-state index in [1.807, 2.05) is 0 Å². The number of aromatic nitrogens is 3. The molecule has 88 valence electrons. The second-order valence-electron chi connectivity index (χ2n) is 3.41. The van der Waals surface area contributed by atoms with Crippen molar-refractivity contribution in [1.82, 2.24) is 14.8 Å². The summed E-state index contributed by atoms with van der Waals surface area (Å²) >= 11 is 0. The van der Waals surface area contributed by atoms with Crippen LogP contribution in [0.4, 0.5) is 15.9 Å². The zero-order valence-electron chi connectivity index (χ0n) is 9.01. The topological polar surface area (TPSA) is 85.8 Å². The van der Waals surface area contributed by atoms with Crippen molar-refractivity contribution in [1.29, 1.82) is 0 Å². The van der Waals surface area contributed by atoms with Crippen molar-refractivity contribution >= 4 is 17.4 Å². The van der Waals surface area contributed by atoms with Gasteiger partial charge in [0.15, 0.2) is 11.6 Å². The number of carbonyl (C=O) groups excluding carboxylic acids is 1. The summed E-state index contributed by atoms with van der Waals surface area (Å²) in [6.45, 7) is 0. The van der Waals surface area contributed by atoms with E-state index in [1.165, 1.54) is 23.1 Å². The first-order valence-electron chi connectivity index (χ1n) is 4.78. The number of rotatable bonds is 2. The molecule has 0 radical (unpaired) electrons. The summed E-state index contributed by atoms with van der Waals surface area (Å²) in [6.07, 6.45) is 4.33. The van der Waals surface area contributed by atoms with Crippen molar-refractivity contribution in [3.63, 3.8) is 0 Å². The van der Waals surface area contributed by atoms with E-state index in [0.717, 1.165) is 0 Å². The first-order valence-corrected chi connectivity index (χ1v) is 4.78. The number of aryl methyl sites for hydroxylation is 1. The minimum absolute atomic E-state index is 0.152. The molecule has 2 heterocycles. The van der Waals surface area contributed by atoms with Crippen molar-refractivity contribution in [3.05, 3.63) is 36.0 Å². The number of nitrogens with zero attached hydrogens (tertiary/aromatic N) is 3. The molecule has 2 rings (SSSR count). The maximum atomic E-state index is 13.5. The molecule has 6 nitrogen and oxygen atoms in total. The smallest absolute Gasteiger partial charge is 0.258 e. The van der Waals surface area contributed by atoms with E-state index in [9.17, 15) is 9.18 Å². The average molecular weight is 235 g/mol. The first kappa shape index (κ1) is 11.1. The van der Waals surface area contributed by atoms with Gasteiger partial charge in [0, 0.05) is 19.4 Å². The van der Waals surface area contributed by atoms with Gasteiger partial charge in [0.25, 0.3) is 5.91 Å². The van der Waals surface area contributed by atoms with Crippen LogP contribution in [0.25, 0.3) is 0 Å². The number of halogens is 1. The molecule has 0 aliphatic carbocycles. The van der Waals surface area contributed by atoms with Gasteiger partial charge in [-0.25, -0.2) is 9.37 Å². The molecule has 1 amide bonds. The van der Waals surface area contributed by atoms with Crippen molar-refractivity contribution < 1.29 is 9.18 Å². The van der Waals surface area contributed by atoms with E-state index in [-0.39, 0.29) is 11.4 Å². The Morgan fingerprint density at radius 2 is 2.35 bits per heavy atom. The Morgan fingerprint density at radius 1 is 1.59 bits per heavy atom. The quantitative estimate of drug-likeness (QED) is 0.805. The second-order valence-corrected chi connectivity index (χ2v) is 3.41. The molecule has 0 aromatic carbocycles. The minimum Gasteiger partial charge on any atom is -0.381 e. The van der Waals surface area contributed by atoms with E-state index in [4.69, 9.17) is 5.73 Å². The molecule has 7 heteroatoms. The fraction of sp³-hybridized carbons (Fsp3) is 0.100. The predicted molar refractivity (Wildman–Crippen MR) is 59.8 cm³/mol. The molecule has 0 saturated carbocycles. The number of nitrogen functional groups attached to an aromatic ring is 1. The normalized spacial score (nSPS) is 10.2. The van der Waals surface area contributed by atoms with E-state index in [1.54, 1.807) is 13.2 Å². The monoisotopic (exact) mass is 235 g/mol. The third-order valence-corrected chi connectivity index (χ3v) is 2.12. The lowest BCUT2D eigenvalue weighted by Crippen LogP contribution is -2.14. The van der Waals surface area contributed by atoms with Crippen LogP contribution < -0.4 is 11.1 Å². The van der Waals surface area contributed by atoms with Gasteiger partial charge in [-0.2, -0.15) is 5.10 Å². The summed E-state index contributed by atoms with van der Waals surface area (Å²) in [4.78, 5) is 15.3. The number of nitrogens with one attached hydrogen (secondary N) is 1. The maximum Gasteiger partial charge on any atom is 0.258 e. The Hall–Kier alpha value is -2.44. The number of anilines is 2. The van der Waals surface area contributed by atoms with Gasteiger partial charge in [-0.1, -0.05) is 0 Å². The van der Waals surface area contributed by atoms with Gasteiger partial charge in [0.1, 0.15) is 0 Å². The molecule has 0 bridgehead atoms. The standard InChI is InChI=1S/C10H10FN5O/c1-16-5-6(4-14-16)15-10(17)7-2-3-13-9(12)8(7)11/h2-5H,1H3,(H2,12,13)(H,15,17). The molecule has 2 aromatic heterocycles. The lowest BCUT2D eigenvalue weighted by molar-refractivity contribution is 0.102. The molecular weight excluding hydrogens is 225 g/mol. The molecular formula is C10H10FN5O.